The summed E-state index contributed by atoms with van der Waals surface area (Å²) in [6.07, 6.45) is 5.67. The first-order valence-electron chi connectivity index (χ1n) is 6.79. The Labute approximate surface area is 123 Å². The van der Waals surface area contributed by atoms with Gasteiger partial charge in [0, 0.05) is 15.8 Å². The van der Waals surface area contributed by atoms with E-state index < -0.39 is 0 Å². The molecule has 1 saturated carbocycles. The van der Waals surface area contributed by atoms with E-state index in [-0.39, 0.29) is 6.04 Å². The zero-order valence-corrected chi connectivity index (χ0v) is 13.3. The van der Waals surface area contributed by atoms with Crippen LogP contribution in [-0.2, 0) is 0 Å². The van der Waals surface area contributed by atoms with Crippen molar-refractivity contribution >= 4 is 27.7 Å². The lowest BCUT2D eigenvalue weighted by Gasteiger charge is -2.22. The molecule has 2 rings (SSSR count). The average molecular weight is 328 g/mol. The summed E-state index contributed by atoms with van der Waals surface area (Å²) in [5.74, 6) is 2.18. The smallest absolute Gasteiger partial charge is 0.0446 e. The molecular formula is C15H22BrNS. The molecule has 2 unspecified atom stereocenters. The van der Waals surface area contributed by atoms with Gasteiger partial charge in [-0.1, -0.05) is 40.9 Å². The average Bonchev–Trinajstić information content (AvgIpc) is 2.82. The predicted molar refractivity (Wildman–Crippen MR) is 84.9 cm³/mol. The summed E-state index contributed by atoms with van der Waals surface area (Å²) in [4.78, 5) is 0. The van der Waals surface area contributed by atoms with Crippen LogP contribution in [0.25, 0.3) is 0 Å². The monoisotopic (exact) mass is 327 g/mol. The Balaban J connectivity index is 1.99. The van der Waals surface area contributed by atoms with Gasteiger partial charge in [-0.3, -0.25) is 0 Å². The van der Waals surface area contributed by atoms with Crippen molar-refractivity contribution in [3.63, 3.8) is 0 Å². The minimum Gasteiger partial charge on any atom is -0.327 e. The van der Waals surface area contributed by atoms with Crippen molar-refractivity contribution in [1.29, 1.82) is 0 Å². The van der Waals surface area contributed by atoms with Gasteiger partial charge in [0.1, 0.15) is 0 Å². The van der Waals surface area contributed by atoms with Gasteiger partial charge in [0.15, 0.2) is 0 Å². The Bertz CT molecular complexity index is 375. The minimum atomic E-state index is 0.200. The van der Waals surface area contributed by atoms with E-state index in [0.717, 1.165) is 10.4 Å². The highest BCUT2D eigenvalue weighted by Crippen LogP contribution is 2.37. The molecule has 1 fully saturated rings. The fraction of sp³-hybridized carbons (Fsp3) is 0.600. The molecule has 1 aromatic rings. The lowest BCUT2D eigenvalue weighted by molar-refractivity contribution is 0.618. The second kappa shape index (κ2) is 6.97. The van der Waals surface area contributed by atoms with Gasteiger partial charge in [0.2, 0.25) is 0 Å². The maximum atomic E-state index is 6.17. The van der Waals surface area contributed by atoms with E-state index in [9.17, 15) is 0 Å². The van der Waals surface area contributed by atoms with Crippen molar-refractivity contribution in [3.8, 4) is 0 Å². The normalized spacial score (nSPS) is 19.9. The van der Waals surface area contributed by atoms with Gasteiger partial charge in [-0.2, -0.15) is 11.8 Å². The van der Waals surface area contributed by atoms with Gasteiger partial charge in [0.05, 0.1) is 0 Å². The largest absolute Gasteiger partial charge is 0.327 e. The van der Waals surface area contributed by atoms with E-state index in [2.05, 4.69) is 47.1 Å². The molecule has 0 saturated heterocycles. The van der Waals surface area contributed by atoms with Crippen molar-refractivity contribution in [1.82, 2.24) is 0 Å². The van der Waals surface area contributed by atoms with Crippen LogP contribution in [0.4, 0.5) is 0 Å². The highest BCUT2D eigenvalue weighted by molar-refractivity contribution is 9.10. The number of nitrogens with two attached hydrogens (primary N) is 1. The Morgan fingerprint density at radius 3 is 2.72 bits per heavy atom. The summed E-state index contributed by atoms with van der Waals surface area (Å²) in [6.45, 7) is 2.12. The van der Waals surface area contributed by atoms with Crippen molar-refractivity contribution in [2.45, 2.75) is 43.9 Å². The van der Waals surface area contributed by atoms with Crippen molar-refractivity contribution < 1.29 is 0 Å². The van der Waals surface area contributed by atoms with Crippen LogP contribution in [0.15, 0.2) is 28.7 Å². The first-order valence-corrected chi connectivity index (χ1v) is 8.63. The number of thioether (sulfide) groups is 1. The molecule has 2 N–H and O–H groups in total. The molecular weight excluding hydrogens is 306 g/mol. The second-order valence-electron chi connectivity index (χ2n) is 5.32. The maximum absolute atomic E-state index is 6.17. The molecule has 1 aliphatic rings. The van der Waals surface area contributed by atoms with Crippen molar-refractivity contribution in [2.24, 2.45) is 11.7 Å². The van der Waals surface area contributed by atoms with Gasteiger partial charge in [-0.25, -0.2) is 0 Å². The first kappa shape index (κ1) is 14.4. The van der Waals surface area contributed by atoms with Crippen LogP contribution in [0.5, 0.6) is 0 Å². The Morgan fingerprint density at radius 1 is 1.39 bits per heavy atom. The molecule has 0 spiro atoms. The summed E-state index contributed by atoms with van der Waals surface area (Å²) in [5.41, 5.74) is 7.52. The lowest BCUT2D eigenvalue weighted by atomic mass is 10.1. The molecule has 18 heavy (non-hydrogen) atoms. The highest BCUT2D eigenvalue weighted by Gasteiger charge is 2.21. The second-order valence-corrected chi connectivity index (χ2v) is 7.41. The zero-order valence-electron chi connectivity index (χ0n) is 10.9. The zero-order chi connectivity index (χ0) is 13.0. The molecule has 3 heteroatoms. The number of halogens is 1. The van der Waals surface area contributed by atoms with E-state index >= 15 is 0 Å². The topological polar surface area (TPSA) is 26.0 Å². The Hall–Kier alpha value is 0.01000. The molecule has 1 aromatic carbocycles. The molecule has 0 heterocycles. The SMILES string of the molecule is CC(N)C(SCC1CCCC1)c1cccc(Br)c1. The fourth-order valence-electron chi connectivity index (χ4n) is 2.65. The predicted octanol–water partition coefficient (Wildman–Crippen LogP) is 4.76. The standard InChI is InChI=1S/C15H22BrNS/c1-11(17)15(13-7-4-8-14(16)9-13)18-10-12-5-2-3-6-12/h4,7-9,11-12,15H,2-3,5-6,10,17H2,1H3. The number of hydrogen-bond acceptors (Lipinski definition) is 2. The molecule has 0 aromatic heterocycles. The lowest BCUT2D eigenvalue weighted by Crippen LogP contribution is -2.23. The molecule has 0 amide bonds. The van der Waals surface area contributed by atoms with E-state index in [1.165, 1.54) is 37.0 Å². The number of hydrogen-bond donors (Lipinski definition) is 1. The van der Waals surface area contributed by atoms with E-state index in [4.69, 9.17) is 5.73 Å². The van der Waals surface area contributed by atoms with Crippen LogP contribution in [0.2, 0.25) is 0 Å². The van der Waals surface area contributed by atoms with Crippen molar-refractivity contribution in [3.05, 3.63) is 34.3 Å². The Kier molecular flexibility index (Phi) is 5.58. The molecule has 0 radical (unpaired) electrons. The van der Waals surface area contributed by atoms with Crippen LogP contribution in [0.1, 0.15) is 43.4 Å². The fourth-order valence-corrected chi connectivity index (χ4v) is 4.52. The third kappa shape index (κ3) is 4.01. The van der Waals surface area contributed by atoms with Gasteiger partial charge >= 0.3 is 0 Å². The third-order valence-electron chi connectivity index (χ3n) is 3.64. The van der Waals surface area contributed by atoms with E-state index in [0.29, 0.717) is 5.25 Å². The first-order chi connectivity index (χ1) is 8.66. The van der Waals surface area contributed by atoms with Gasteiger partial charge in [-0.05, 0) is 49.1 Å². The molecule has 0 bridgehead atoms. The van der Waals surface area contributed by atoms with E-state index in [1.807, 2.05) is 11.8 Å². The summed E-state index contributed by atoms with van der Waals surface area (Å²) in [7, 11) is 0. The maximum Gasteiger partial charge on any atom is 0.0446 e. The molecule has 100 valence electrons. The van der Waals surface area contributed by atoms with Crippen LogP contribution < -0.4 is 5.73 Å². The van der Waals surface area contributed by atoms with Gasteiger partial charge < -0.3 is 5.73 Å². The summed E-state index contributed by atoms with van der Waals surface area (Å²) in [6, 6.07) is 8.77. The van der Waals surface area contributed by atoms with Crippen LogP contribution in [0.3, 0.4) is 0 Å². The number of benzene rings is 1. The summed E-state index contributed by atoms with van der Waals surface area (Å²) >= 11 is 5.59. The summed E-state index contributed by atoms with van der Waals surface area (Å²) in [5, 5.41) is 0.420. The third-order valence-corrected chi connectivity index (χ3v) is 5.86. The van der Waals surface area contributed by atoms with Crippen LogP contribution >= 0.6 is 27.7 Å². The highest BCUT2D eigenvalue weighted by atomic mass is 79.9. The Morgan fingerprint density at radius 2 is 2.11 bits per heavy atom. The molecule has 0 aliphatic heterocycles. The molecule has 1 nitrogen and oxygen atoms in total. The van der Waals surface area contributed by atoms with Crippen molar-refractivity contribution in [2.75, 3.05) is 5.75 Å². The van der Waals surface area contributed by atoms with Gasteiger partial charge in [-0.15, -0.1) is 0 Å². The quantitative estimate of drug-likeness (QED) is 0.843. The van der Waals surface area contributed by atoms with Crippen LogP contribution in [0, 0.1) is 5.92 Å². The molecule has 1 aliphatic carbocycles. The van der Waals surface area contributed by atoms with Crippen LogP contribution in [-0.4, -0.2) is 11.8 Å². The van der Waals surface area contributed by atoms with Gasteiger partial charge in [0.25, 0.3) is 0 Å². The van der Waals surface area contributed by atoms with E-state index in [1.54, 1.807) is 0 Å². The molecule has 2 atom stereocenters. The minimum absolute atomic E-state index is 0.200. The summed E-state index contributed by atoms with van der Waals surface area (Å²) < 4.78 is 1.15. The number of rotatable bonds is 5.